The standard InChI is InChI=1S/C18H22N2O2/c1-4-20(5-2)18(21)17(22-3)12-8-10-15-13-14-9-6-7-11-16(14)19-15/h6-13,19H,4-5H2,1-3H3/b10-8+,17-12+. The van der Waals surface area contributed by atoms with Crippen LogP contribution in [-0.2, 0) is 9.53 Å². The first-order valence-electron chi connectivity index (χ1n) is 7.49. The number of hydrogen-bond acceptors (Lipinski definition) is 2. The van der Waals surface area contributed by atoms with Crippen molar-refractivity contribution in [3.05, 3.63) is 53.9 Å². The number of allylic oxidation sites excluding steroid dienone is 2. The van der Waals surface area contributed by atoms with E-state index in [0.717, 1.165) is 16.6 Å². The maximum absolute atomic E-state index is 12.2. The van der Waals surface area contributed by atoms with Crippen LogP contribution in [0.3, 0.4) is 0 Å². The molecule has 1 N–H and O–H groups in total. The molecular weight excluding hydrogens is 276 g/mol. The minimum Gasteiger partial charge on any atom is -0.491 e. The summed E-state index contributed by atoms with van der Waals surface area (Å²) in [5.41, 5.74) is 2.08. The molecule has 1 aromatic heterocycles. The van der Waals surface area contributed by atoms with Gasteiger partial charge in [0.05, 0.1) is 7.11 Å². The van der Waals surface area contributed by atoms with Crippen LogP contribution in [0.5, 0.6) is 0 Å². The molecule has 0 atom stereocenters. The van der Waals surface area contributed by atoms with Crippen LogP contribution < -0.4 is 0 Å². The Bertz CT molecular complexity index is 661. The Morgan fingerprint density at radius 1 is 1.27 bits per heavy atom. The monoisotopic (exact) mass is 298 g/mol. The van der Waals surface area contributed by atoms with Gasteiger partial charge >= 0.3 is 0 Å². The van der Waals surface area contributed by atoms with Gasteiger partial charge in [0.25, 0.3) is 5.91 Å². The molecule has 2 aromatic rings. The third-order valence-electron chi connectivity index (χ3n) is 3.56. The minimum absolute atomic E-state index is 0.0891. The van der Waals surface area contributed by atoms with Crippen molar-refractivity contribution >= 4 is 22.9 Å². The van der Waals surface area contributed by atoms with E-state index < -0.39 is 0 Å². The van der Waals surface area contributed by atoms with Crippen molar-refractivity contribution in [1.29, 1.82) is 0 Å². The number of benzene rings is 1. The zero-order valence-electron chi connectivity index (χ0n) is 13.3. The first kappa shape index (κ1) is 15.9. The molecule has 0 saturated carbocycles. The Morgan fingerprint density at radius 3 is 2.64 bits per heavy atom. The highest BCUT2D eigenvalue weighted by Crippen LogP contribution is 2.15. The maximum Gasteiger partial charge on any atom is 0.288 e. The van der Waals surface area contributed by atoms with Gasteiger partial charge in [0.15, 0.2) is 5.76 Å². The van der Waals surface area contributed by atoms with E-state index in [1.165, 1.54) is 7.11 Å². The van der Waals surface area contributed by atoms with Crippen LogP contribution in [0.25, 0.3) is 17.0 Å². The third kappa shape index (κ3) is 3.58. The van der Waals surface area contributed by atoms with Crippen molar-refractivity contribution in [1.82, 2.24) is 9.88 Å². The number of ether oxygens (including phenoxy) is 1. The molecule has 4 heteroatoms. The number of rotatable bonds is 6. The number of carbonyl (C=O) groups is 1. The number of fused-ring (bicyclic) bond motifs is 1. The summed E-state index contributed by atoms with van der Waals surface area (Å²) in [6.45, 7) is 5.24. The van der Waals surface area contributed by atoms with E-state index in [0.29, 0.717) is 18.8 Å². The van der Waals surface area contributed by atoms with E-state index in [-0.39, 0.29) is 5.91 Å². The molecular formula is C18H22N2O2. The molecule has 4 nitrogen and oxygen atoms in total. The number of hydrogen-bond donors (Lipinski definition) is 1. The second kappa shape index (κ2) is 7.50. The van der Waals surface area contributed by atoms with Gasteiger partial charge < -0.3 is 14.6 Å². The molecule has 0 bridgehead atoms. The lowest BCUT2D eigenvalue weighted by Crippen LogP contribution is -2.32. The predicted molar refractivity (Wildman–Crippen MR) is 90.4 cm³/mol. The summed E-state index contributed by atoms with van der Waals surface area (Å²) in [6, 6.07) is 10.2. The van der Waals surface area contributed by atoms with Crippen LogP contribution in [0.2, 0.25) is 0 Å². The number of nitrogens with one attached hydrogen (secondary N) is 1. The molecule has 1 aromatic carbocycles. The van der Waals surface area contributed by atoms with Crippen molar-refractivity contribution in [2.75, 3.05) is 20.2 Å². The maximum atomic E-state index is 12.2. The van der Waals surface area contributed by atoms with Gasteiger partial charge in [0, 0.05) is 24.3 Å². The smallest absolute Gasteiger partial charge is 0.288 e. The lowest BCUT2D eigenvalue weighted by Gasteiger charge is -2.19. The van der Waals surface area contributed by atoms with Gasteiger partial charge in [-0.05, 0) is 43.5 Å². The van der Waals surface area contributed by atoms with Gasteiger partial charge in [-0.2, -0.15) is 0 Å². The highest BCUT2D eigenvalue weighted by atomic mass is 16.5. The lowest BCUT2D eigenvalue weighted by atomic mass is 10.2. The quantitative estimate of drug-likeness (QED) is 0.503. The number of carbonyl (C=O) groups excluding carboxylic acids is 1. The summed E-state index contributed by atoms with van der Waals surface area (Å²) in [5.74, 6) is 0.254. The second-order valence-corrected chi connectivity index (χ2v) is 4.88. The number of likely N-dealkylation sites (N-methyl/N-ethyl adjacent to an activating group) is 1. The van der Waals surface area contributed by atoms with Crippen LogP contribution in [0.1, 0.15) is 19.5 Å². The van der Waals surface area contributed by atoms with E-state index in [9.17, 15) is 4.79 Å². The fraction of sp³-hybridized carbons (Fsp3) is 0.278. The zero-order chi connectivity index (χ0) is 15.9. The molecule has 0 radical (unpaired) electrons. The molecule has 1 amide bonds. The Morgan fingerprint density at radius 2 is 2.00 bits per heavy atom. The van der Waals surface area contributed by atoms with Gasteiger partial charge in [0.2, 0.25) is 0 Å². The summed E-state index contributed by atoms with van der Waals surface area (Å²) in [4.78, 5) is 17.2. The molecule has 0 aliphatic heterocycles. The highest BCUT2D eigenvalue weighted by Gasteiger charge is 2.14. The summed E-state index contributed by atoms with van der Waals surface area (Å²) in [6.07, 6.45) is 5.45. The summed E-state index contributed by atoms with van der Waals surface area (Å²) >= 11 is 0. The molecule has 0 unspecified atom stereocenters. The van der Waals surface area contributed by atoms with Gasteiger partial charge in [0.1, 0.15) is 0 Å². The average molecular weight is 298 g/mol. The second-order valence-electron chi connectivity index (χ2n) is 4.88. The minimum atomic E-state index is -0.0891. The predicted octanol–water partition coefficient (Wildman–Crippen LogP) is 3.58. The van der Waals surface area contributed by atoms with E-state index in [2.05, 4.69) is 17.1 Å². The van der Waals surface area contributed by atoms with Gasteiger partial charge in [-0.3, -0.25) is 4.79 Å². The first-order chi connectivity index (χ1) is 10.7. The molecule has 0 spiro atoms. The number of aromatic nitrogens is 1. The lowest BCUT2D eigenvalue weighted by molar-refractivity contribution is -0.129. The Hall–Kier alpha value is -2.49. The van der Waals surface area contributed by atoms with Crippen LogP contribution in [-0.4, -0.2) is 36.0 Å². The van der Waals surface area contributed by atoms with E-state index in [4.69, 9.17) is 4.74 Å². The van der Waals surface area contributed by atoms with E-state index >= 15 is 0 Å². The fourth-order valence-electron chi connectivity index (χ4n) is 2.32. The Balaban J connectivity index is 2.15. The normalized spacial score (nSPS) is 12.0. The Kier molecular flexibility index (Phi) is 5.42. The molecule has 0 aliphatic rings. The first-order valence-corrected chi connectivity index (χ1v) is 7.49. The molecule has 2 rings (SSSR count). The molecule has 1 heterocycles. The van der Waals surface area contributed by atoms with Crippen molar-refractivity contribution < 1.29 is 9.53 Å². The van der Waals surface area contributed by atoms with Gasteiger partial charge in [-0.15, -0.1) is 0 Å². The topological polar surface area (TPSA) is 45.3 Å². The Labute approximate surface area is 131 Å². The molecule has 0 aliphatic carbocycles. The van der Waals surface area contributed by atoms with Crippen molar-refractivity contribution in [2.24, 2.45) is 0 Å². The van der Waals surface area contributed by atoms with Crippen LogP contribution >= 0.6 is 0 Å². The summed E-state index contributed by atoms with van der Waals surface area (Å²) in [7, 11) is 1.52. The van der Waals surface area contributed by atoms with Gasteiger partial charge in [-0.25, -0.2) is 0 Å². The van der Waals surface area contributed by atoms with Crippen molar-refractivity contribution in [3.63, 3.8) is 0 Å². The number of amides is 1. The van der Waals surface area contributed by atoms with Crippen LogP contribution in [0, 0.1) is 0 Å². The molecule has 0 saturated heterocycles. The molecule has 22 heavy (non-hydrogen) atoms. The third-order valence-corrected chi connectivity index (χ3v) is 3.56. The number of aromatic amines is 1. The summed E-state index contributed by atoms with van der Waals surface area (Å²) in [5, 5.41) is 1.16. The number of methoxy groups -OCH3 is 1. The van der Waals surface area contributed by atoms with Crippen molar-refractivity contribution in [2.45, 2.75) is 13.8 Å². The highest BCUT2D eigenvalue weighted by molar-refractivity contribution is 5.92. The molecule has 116 valence electrons. The van der Waals surface area contributed by atoms with Crippen molar-refractivity contribution in [3.8, 4) is 0 Å². The van der Waals surface area contributed by atoms with Gasteiger partial charge in [-0.1, -0.05) is 24.3 Å². The van der Waals surface area contributed by atoms with Crippen LogP contribution in [0.15, 0.2) is 48.2 Å². The van der Waals surface area contributed by atoms with E-state index in [1.54, 1.807) is 11.0 Å². The fourth-order valence-corrected chi connectivity index (χ4v) is 2.32. The number of H-pyrrole nitrogens is 1. The van der Waals surface area contributed by atoms with E-state index in [1.807, 2.05) is 44.2 Å². The average Bonchev–Trinajstić information content (AvgIpc) is 2.95. The van der Waals surface area contributed by atoms with Crippen LogP contribution in [0.4, 0.5) is 0 Å². The number of nitrogens with zero attached hydrogens (tertiary/aromatic N) is 1. The zero-order valence-corrected chi connectivity index (χ0v) is 13.3. The summed E-state index contributed by atoms with van der Waals surface area (Å²) < 4.78 is 5.20. The molecule has 0 fully saturated rings. The SMILES string of the molecule is CCN(CC)C(=O)/C(=C\C=C\c1cc2ccccc2[nH]1)OC. The largest absolute Gasteiger partial charge is 0.491 e. The number of para-hydroxylation sites is 1.